The van der Waals surface area contributed by atoms with Crippen molar-refractivity contribution >= 4 is 0 Å². The molecule has 6 fully saturated rings. The van der Waals surface area contributed by atoms with E-state index in [2.05, 4.69) is 82.3 Å². The summed E-state index contributed by atoms with van der Waals surface area (Å²) in [5.74, 6) is 4.51. The zero-order valence-corrected chi connectivity index (χ0v) is 22.2. The van der Waals surface area contributed by atoms with Gasteiger partial charge in [-0.1, -0.05) is 45.9 Å². The molecule has 3 nitrogen and oxygen atoms in total. The first-order valence-corrected chi connectivity index (χ1v) is 14.2. The molecule has 6 aliphatic carbocycles. The highest BCUT2D eigenvalue weighted by molar-refractivity contribution is 5.62. The molecule has 0 spiro atoms. The maximum absolute atomic E-state index is 5.18. The summed E-state index contributed by atoms with van der Waals surface area (Å²) in [7, 11) is 0. The Balaban J connectivity index is 1.17. The van der Waals surface area contributed by atoms with Gasteiger partial charge in [0.05, 0.1) is 22.8 Å². The van der Waals surface area contributed by atoms with Gasteiger partial charge in [0.1, 0.15) is 0 Å². The van der Waals surface area contributed by atoms with E-state index in [1.807, 2.05) is 0 Å². The van der Waals surface area contributed by atoms with E-state index in [9.17, 15) is 0 Å². The van der Waals surface area contributed by atoms with Gasteiger partial charge in [0.25, 0.3) is 0 Å². The molecule has 6 atom stereocenters. The standard InChI is InChI=1S/C33H39N3/c1-32(2)20-14-16-22(24(32)18-20)26-8-5-10-28(34-26)30-12-7-13-31(36-30)29-11-6-9-27(35-29)23-17-15-21-19-25(23)33(21,3)4/h5-13,20-25H,14-19H2,1-4H3/t20-,21-,22?,23?,24-,25-/m0/s1. The van der Waals surface area contributed by atoms with E-state index in [-0.39, 0.29) is 0 Å². The molecule has 3 aromatic rings. The van der Waals surface area contributed by atoms with Crippen molar-refractivity contribution < 1.29 is 0 Å². The smallest absolute Gasteiger partial charge is 0.0894 e. The number of pyridine rings is 3. The van der Waals surface area contributed by atoms with Gasteiger partial charge in [-0.2, -0.15) is 0 Å². The molecular formula is C33H39N3. The lowest BCUT2D eigenvalue weighted by Gasteiger charge is -2.60. The lowest BCUT2D eigenvalue weighted by atomic mass is 9.45. The second kappa shape index (κ2) is 7.97. The van der Waals surface area contributed by atoms with Crippen LogP contribution in [-0.4, -0.2) is 15.0 Å². The van der Waals surface area contributed by atoms with Gasteiger partial charge >= 0.3 is 0 Å². The first-order valence-electron chi connectivity index (χ1n) is 14.2. The molecule has 0 aromatic carbocycles. The summed E-state index contributed by atoms with van der Waals surface area (Å²) in [4.78, 5) is 15.4. The summed E-state index contributed by atoms with van der Waals surface area (Å²) >= 11 is 0. The van der Waals surface area contributed by atoms with Crippen LogP contribution in [0, 0.1) is 34.5 Å². The molecule has 3 heteroatoms. The van der Waals surface area contributed by atoms with Crippen molar-refractivity contribution in [3.05, 3.63) is 66.0 Å². The average molecular weight is 478 g/mol. The first-order chi connectivity index (χ1) is 17.3. The van der Waals surface area contributed by atoms with Gasteiger partial charge in [-0.3, -0.25) is 9.97 Å². The Morgan fingerprint density at radius 3 is 1.31 bits per heavy atom. The first kappa shape index (κ1) is 22.6. The summed E-state index contributed by atoms with van der Waals surface area (Å²) in [6.07, 6.45) is 7.99. The number of hydrogen-bond acceptors (Lipinski definition) is 3. The Labute approximate surface area is 216 Å². The Morgan fingerprint density at radius 2 is 0.917 bits per heavy atom. The van der Waals surface area contributed by atoms with Gasteiger partial charge in [-0.25, -0.2) is 4.98 Å². The van der Waals surface area contributed by atoms with E-state index < -0.39 is 0 Å². The molecule has 3 heterocycles. The van der Waals surface area contributed by atoms with Crippen molar-refractivity contribution in [1.82, 2.24) is 15.0 Å². The van der Waals surface area contributed by atoms with Gasteiger partial charge in [-0.05, 0) is 109 Å². The van der Waals surface area contributed by atoms with Crippen LogP contribution in [0.15, 0.2) is 54.6 Å². The monoisotopic (exact) mass is 477 g/mol. The Kier molecular flexibility index (Phi) is 5.01. The predicted molar refractivity (Wildman–Crippen MR) is 145 cm³/mol. The third-order valence-electron chi connectivity index (χ3n) is 11.3. The van der Waals surface area contributed by atoms with Crippen LogP contribution in [0.4, 0.5) is 0 Å². The molecule has 186 valence electrons. The van der Waals surface area contributed by atoms with Crippen LogP contribution in [0.3, 0.4) is 0 Å². The van der Waals surface area contributed by atoms with Crippen molar-refractivity contribution in [2.24, 2.45) is 34.5 Å². The highest BCUT2D eigenvalue weighted by Crippen LogP contribution is 2.64. The third-order valence-corrected chi connectivity index (χ3v) is 11.3. The lowest BCUT2D eigenvalue weighted by Crippen LogP contribution is -2.51. The minimum Gasteiger partial charge on any atom is -0.251 e. The summed E-state index contributed by atoms with van der Waals surface area (Å²) in [6.45, 7) is 9.86. The van der Waals surface area contributed by atoms with E-state index in [1.165, 1.54) is 49.9 Å². The molecule has 0 aliphatic heterocycles. The number of aromatic nitrogens is 3. The van der Waals surface area contributed by atoms with Crippen molar-refractivity contribution in [3.63, 3.8) is 0 Å². The van der Waals surface area contributed by atoms with E-state index in [0.29, 0.717) is 22.7 Å². The van der Waals surface area contributed by atoms with Crippen LogP contribution in [0.5, 0.6) is 0 Å². The van der Waals surface area contributed by atoms with Crippen molar-refractivity contribution in [2.45, 2.75) is 78.1 Å². The normalized spacial score (nSPS) is 33.3. The Morgan fingerprint density at radius 1 is 0.528 bits per heavy atom. The van der Waals surface area contributed by atoms with Crippen molar-refractivity contribution in [1.29, 1.82) is 0 Å². The molecule has 0 saturated heterocycles. The van der Waals surface area contributed by atoms with Gasteiger partial charge in [0.2, 0.25) is 0 Å². The summed E-state index contributed by atoms with van der Waals surface area (Å²) in [5, 5.41) is 0. The zero-order valence-electron chi connectivity index (χ0n) is 22.2. The fourth-order valence-electron chi connectivity index (χ4n) is 8.65. The maximum Gasteiger partial charge on any atom is 0.0894 e. The lowest BCUT2D eigenvalue weighted by molar-refractivity contribution is -0.0814. The van der Waals surface area contributed by atoms with Gasteiger partial charge in [0, 0.05) is 23.2 Å². The van der Waals surface area contributed by atoms with E-state index in [0.717, 1.165) is 46.4 Å². The highest BCUT2D eigenvalue weighted by atomic mass is 14.8. The predicted octanol–water partition coefficient (Wildman–Crippen LogP) is 8.29. The minimum atomic E-state index is 0.462. The SMILES string of the molecule is CC1(C)[C@H]2CCC(c3cccc(-c4cccc(-c5cccc(C6CC[C@H]7C[C@@H]6C7(C)C)n5)n4)n3)[C@@H]1C2. The fourth-order valence-corrected chi connectivity index (χ4v) is 8.65. The molecule has 6 aliphatic rings. The zero-order chi connectivity index (χ0) is 24.7. The van der Waals surface area contributed by atoms with Crippen molar-refractivity contribution in [2.75, 3.05) is 0 Å². The quantitative estimate of drug-likeness (QED) is 0.379. The molecule has 0 amide bonds. The molecule has 0 N–H and O–H groups in total. The topological polar surface area (TPSA) is 38.7 Å². The summed E-state index contributed by atoms with van der Waals surface area (Å²) < 4.78 is 0. The van der Waals surface area contributed by atoms with Crippen LogP contribution in [0.1, 0.15) is 89.4 Å². The molecule has 4 bridgehead atoms. The van der Waals surface area contributed by atoms with Crippen LogP contribution in [-0.2, 0) is 0 Å². The van der Waals surface area contributed by atoms with E-state index >= 15 is 0 Å². The molecule has 9 rings (SSSR count). The van der Waals surface area contributed by atoms with Crippen LogP contribution < -0.4 is 0 Å². The number of rotatable bonds is 4. The van der Waals surface area contributed by atoms with Gasteiger partial charge < -0.3 is 0 Å². The number of nitrogens with zero attached hydrogens (tertiary/aromatic N) is 3. The largest absolute Gasteiger partial charge is 0.251 e. The minimum absolute atomic E-state index is 0.462. The second-order valence-corrected chi connectivity index (χ2v) is 13.4. The average Bonchev–Trinajstić information content (AvgIpc) is 2.93. The van der Waals surface area contributed by atoms with Gasteiger partial charge in [-0.15, -0.1) is 0 Å². The molecule has 6 saturated carbocycles. The van der Waals surface area contributed by atoms with Crippen LogP contribution in [0.2, 0.25) is 0 Å². The fraction of sp³-hybridized carbons (Fsp3) is 0.545. The van der Waals surface area contributed by atoms with Gasteiger partial charge in [0.15, 0.2) is 0 Å². The molecule has 2 unspecified atom stereocenters. The summed E-state index contributed by atoms with van der Waals surface area (Å²) in [5.41, 5.74) is 7.31. The Bertz CT molecular complexity index is 1210. The third kappa shape index (κ3) is 3.34. The van der Waals surface area contributed by atoms with Crippen LogP contribution >= 0.6 is 0 Å². The molecule has 36 heavy (non-hydrogen) atoms. The molecule has 0 radical (unpaired) electrons. The molecular weight excluding hydrogens is 438 g/mol. The van der Waals surface area contributed by atoms with Crippen molar-refractivity contribution in [3.8, 4) is 22.8 Å². The Hall–Kier alpha value is -2.55. The molecule has 3 aromatic heterocycles. The maximum atomic E-state index is 5.18. The number of fused-ring (bicyclic) bond motifs is 4. The van der Waals surface area contributed by atoms with Crippen LogP contribution in [0.25, 0.3) is 22.8 Å². The number of hydrogen-bond donors (Lipinski definition) is 0. The van der Waals surface area contributed by atoms with E-state index in [1.54, 1.807) is 0 Å². The van der Waals surface area contributed by atoms with E-state index in [4.69, 9.17) is 15.0 Å². The highest BCUT2D eigenvalue weighted by Gasteiger charge is 2.55. The summed E-state index contributed by atoms with van der Waals surface area (Å²) in [6, 6.07) is 19.4. The second-order valence-electron chi connectivity index (χ2n) is 13.4.